The first-order valence-electron chi connectivity index (χ1n) is 9.20. The van der Waals surface area contributed by atoms with Crippen LogP contribution in [0.3, 0.4) is 0 Å². The summed E-state index contributed by atoms with van der Waals surface area (Å²) in [6.45, 7) is 3.95. The molecule has 1 aromatic rings. The number of imidazole rings is 1. The van der Waals surface area contributed by atoms with Crippen LogP contribution in [-0.2, 0) is 6.54 Å². The maximum atomic E-state index is 11.1. The van der Waals surface area contributed by atoms with Crippen molar-refractivity contribution in [2.45, 2.75) is 50.6 Å². The van der Waals surface area contributed by atoms with Crippen molar-refractivity contribution < 1.29 is 9.90 Å². The first-order chi connectivity index (χ1) is 12.1. The molecule has 3 fully saturated rings. The third kappa shape index (κ3) is 2.99. The first kappa shape index (κ1) is 16.4. The normalized spacial score (nSPS) is 30.4. The van der Waals surface area contributed by atoms with E-state index in [0.717, 1.165) is 57.6 Å². The number of carbonyl (C=O) groups is 1. The summed E-state index contributed by atoms with van der Waals surface area (Å²) in [6, 6.07) is 2.82. The second-order valence-electron chi connectivity index (χ2n) is 7.90. The van der Waals surface area contributed by atoms with Gasteiger partial charge >= 0.3 is 6.09 Å². The lowest BCUT2D eigenvalue weighted by molar-refractivity contribution is -0.00433. The number of nitriles is 1. The highest BCUT2D eigenvalue weighted by Crippen LogP contribution is 2.50. The molecule has 7 heteroatoms. The molecule has 1 aromatic heterocycles. The second-order valence-corrected chi connectivity index (χ2v) is 7.90. The number of nitrogens with zero attached hydrogens (tertiary/aromatic N) is 5. The summed E-state index contributed by atoms with van der Waals surface area (Å²) in [5, 5.41) is 18.1. The molecule has 1 amide bonds. The smallest absolute Gasteiger partial charge is 0.407 e. The van der Waals surface area contributed by atoms with Crippen LogP contribution in [0.15, 0.2) is 12.4 Å². The third-order valence-electron chi connectivity index (χ3n) is 6.45. The van der Waals surface area contributed by atoms with E-state index in [4.69, 9.17) is 10.4 Å². The number of piperidine rings is 1. The Morgan fingerprint density at radius 1 is 1.36 bits per heavy atom. The van der Waals surface area contributed by atoms with Gasteiger partial charge in [-0.3, -0.25) is 0 Å². The zero-order valence-electron chi connectivity index (χ0n) is 14.5. The highest BCUT2D eigenvalue weighted by molar-refractivity contribution is 5.65. The molecule has 25 heavy (non-hydrogen) atoms. The van der Waals surface area contributed by atoms with Gasteiger partial charge in [0.1, 0.15) is 12.4 Å². The minimum atomic E-state index is -0.769. The molecule has 0 unspecified atom stereocenters. The number of carboxylic acid groups (broad SMARTS) is 1. The Labute approximate surface area is 147 Å². The van der Waals surface area contributed by atoms with Gasteiger partial charge in [-0.05, 0) is 50.6 Å². The summed E-state index contributed by atoms with van der Waals surface area (Å²) in [5.74, 6) is 1.50. The SMILES string of the molecule is N#CCn1ccnc1C1CCN(C2CC3(CCN(C(=O)O)C3)C2)CC1. The van der Waals surface area contributed by atoms with Gasteiger partial charge in [-0.25, -0.2) is 9.78 Å². The fourth-order valence-electron chi connectivity index (χ4n) is 5.04. The lowest BCUT2D eigenvalue weighted by Crippen LogP contribution is -2.54. The Kier molecular flexibility index (Phi) is 4.16. The lowest BCUT2D eigenvalue weighted by atomic mass is 9.64. The van der Waals surface area contributed by atoms with E-state index in [1.54, 1.807) is 11.1 Å². The first-order valence-corrected chi connectivity index (χ1v) is 9.20. The minimum Gasteiger partial charge on any atom is -0.465 e. The number of amides is 1. The highest BCUT2D eigenvalue weighted by atomic mass is 16.4. The summed E-state index contributed by atoms with van der Waals surface area (Å²) in [5.41, 5.74) is 0.253. The average molecular weight is 343 g/mol. The molecule has 0 aromatic carbocycles. The van der Waals surface area contributed by atoms with Crippen LogP contribution in [0.25, 0.3) is 0 Å². The molecule has 134 valence electrons. The van der Waals surface area contributed by atoms with E-state index in [9.17, 15) is 4.79 Å². The monoisotopic (exact) mass is 343 g/mol. The molecule has 1 aliphatic carbocycles. The summed E-state index contributed by atoms with van der Waals surface area (Å²) >= 11 is 0. The Balaban J connectivity index is 1.29. The molecule has 1 spiro atoms. The van der Waals surface area contributed by atoms with Crippen LogP contribution in [0.5, 0.6) is 0 Å². The van der Waals surface area contributed by atoms with Crippen LogP contribution in [0.1, 0.15) is 43.8 Å². The quantitative estimate of drug-likeness (QED) is 0.908. The Hall–Kier alpha value is -2.07. The Morgan fingerprint density at radius 3 is 2.76 bits per heavy atom. The molecule has 2 aliphatic heterocycles. The van der Waals surface area contributed by atoms with Crippen molar-refractivity contribution in [3.05, 3.63) is 18.2 Å². The van der Waals surface area contributed by atoms with Crippen LogP contribution in [0.2, 0.25) is 0 Å². The molecule has 0 atom stereocenters. The Bertz CT molecular complexity index is 680. The molecular weight excluding hydrogens is 318 g/mol. The van der Waals surface area contributed by atoms with Gasteiger partial charge in [-0.1, -0.05) is 0 Å². The van der Waals surface area contributed by atoms with E-state index in [1.165, 1.54) is 0 Å². The summed E-state index contributed by atoms with van der Waals surface area (Å²) in [4.78, 5) is 19.8. The standard InChI is InChI=1S/C18H25N5O2/c19-4-9-22-10-5-20-16(22)14-1-6-21(7-2-14)15-11-18(12-15)3-8-23(13-18)17(24)25/h5,10,14-15H,1-3,6-9,11-13H2,(H,24,25). The average Bonchev–Trinajstić information content (AvgIpc) is 3.21. The summed E-state index contributed by atoms with van der Waals surface area (Å²) in [7, 11) is 0. The van der Waals surface area contributed by atoms with Crippen molar-refractivity contribution >= 4 is 6.09 Å². The largest absolute Gasteiger partial charge is 0.465 e. The number of likely N-dealkylation sites (tertiary alicyclic amines) is 2. The van der Waals surface area contributed by atoms with E-state index >= 15 is 0 Å². The fourth-order valence-corrected chi connectivity index (χ4v) is 5.04. The number of aromatic nitrogens is 2. The van der Waals surface area contributed by atoms with Gasteiger partial charge in [-0.15, -0.1) is 0 Å². The van der Waals surface area contributed by atoms with Crippen LogP contribution in [-0.4, -0.2) is 62.8 Å². The topological polar surface area (TPSA) is 85.4 Å². The van der Waals surface area contributed by atoms with Crippen molar-refractivity contribution in [3.8, 4) is 6.07 Å². The maximum Gasteiger partial charge on any atom is 0.407 e. The van der Waals surface area contributed by atoms with E-state index in [2.05, 4.69) is 16.0 Å². The molecule has 4 rings (SSSR count). The highest BCUT2D eigenvalue weighted by Gasteiger charge is 2.51. The van der Waals surface area contributed by atoms with Gasteiger partial charge in [0.25, 0.3) is 0 Å². The zero-order chi connectivity index (χ0) is 17.4. The van der Waals surface area contributed by atoms with Crippen LogP contribution in [0, 0.1) is 16.7 Å². The van der Waals surface area contributed by atoms with Crippen molar-refractivity contribution in [2.24, 2.45) is 5.41 Å². The minimum absolute atomic E-state index is 0.253. The molecule has 1 N–H and O–H groups in total. The van der Waals surface area contributed by atoms with E-state index in [0.29, 0.717) is 25.0 Å². The number of hydrogen-bond donors (Lipinski definition) is 1. The predicted octanol–water partition coefficient (Wildman–Crippen LogP) is 2.12. The molecular formula is C18H25N5O2. The van der Waals surface area contributed by atoms with Gasteiger partial charge < -0.3 is 19.5 Å². The summed E-state index contributed by atoms with van der Waals surface area (Å²) < 4.78 is 1.97. The molecule has 3 heterocycles. The zero-order valence-corrected chi connectivity index (χ0v) is 14.5. The third-order valence-corrected chi connectivity index (χ3v) is 6.45. The van der Waals surface area contributed by atoms with Crippen LogP contribution in [0.4, 0.5) is 4.79 Å². The molecule has 3 aliphatic rings. The second kappa shape index (κ2) is 6.34. The van der Waals surface area contributed by atoms with Crippen molar-refractivity contribution in [1.29, 1.82) is 5.26 Å². The summed E-state index contributed by atoms with van der Waals surface area (Å²) in [6.07, 6.45) is 8.42. The lowest BCUT2D eigenvalue weighted by Gasteiger charge is -2.51. The van der Waals surface area contributed by atoms with E-state index in [1.807, 2.05) is 10.8 Å². The van der Waals surface area contributed by atoms with Gasteiger partial charge in [0.15, 0.2) is 0 Å². The van der Waals surface area contributed by atoms with Crippen molar-refractivity contribution in [3.63, 3.8) is 0 Å². The Morgan fingerprint density at radius 2 is 2.12 bits per heavy atom. The molecule has 7 nitrogen and oxygen atoms in total. The van der Waals surface area contributed by atoms with E-state index < -0.39 is 6.09 Å². The van der Waals surface area contributed by atoms with Gasteiger partial charge in [0.05, 0.1) is 6.07 Å². The fraction of sp³-hybridized carbons (Fsp3) is 0.722. The maximum absolute atomic E-state index is 11.1. The van der Waals surface area contributed by atoms with Gasteiger partial charge in [0.2, 0.25) is 0 Å². The van der Waals surface area contributed by atoms with Gasteiger partial charge in [-0.2, -0.15) is 5.26 Å². The van der Waals surface area contributed by atoms with Crippen LogP contribution < -0.4 is 0 Å². The number of hydrogen-bond acceptors (Lipinski definition) is 4. The molecule has 2 saturated heterocycles. The van der Waals surface area contributed by atoms with E-state index in [-0.39, 0.29) is 5.41 Å². The predicted molar refractivity (Wildman–Crippen MR) is 91.1 cm³/mol. The molecule has 1 saturated carbocycles. The van der Waals surface area contributed by atoms with Gasteiger partial charge in [0, 0.05) is 37.4 Å². The number of rotatable bonds is 3. The van der Waals surface area contributed by atoms with Crippen molar-refractivity contribution in [1.82, 2.24) is 19.4 Å². The molecule has 0 bridgehead atoms. The van der Waals surface area contributed by atoms with Crippen molar-refractivity contribution in [2.75, 3.05) is 26.2 Å². The molecule has 0 radical (unpaired) electrons. The van der Waals surface area contributed by atoms with Crippen LogP contribution >= 0.6 is 0 Å².